The van der Waals surface area contributed by atoms with Crippen molar-refractivity contribution in [1.29, 1.82) is 0 Å². The molecule has 20 heavy (non-hydrogen) atoms. The summed E-state index contributed by atoms with van der Waals surface area (Å²) in [5.74, 6) is 0.936. The Kier molecular flexibility index (Phi) is 4.83. The van der Waals surface area contributed by atoms with Crippen molar-refractivity contribution in [3.05, 3.63) is 33.8 Å². The van der Waals surface area contributed by atoms with Crippen LogP contribution in [0.3, 0.4) is 0 Å². The lowest BCUT2D eigenvalue weighted by molar-refractivity contribution is 0.363. The van der Waals surface area contributed by atoms with E-state index in [-0.39, 0.29) is 0 Å². The van der Waals surface area contributed by atoms with Gasteiger partial charge in [-0.3, -0.25) is 0 Å². The van der Waals surface area contributed by atoms with Gasteiger partial charge in [0.15, 0.2) is 0 Å². The molecule has 1 aromatic rings. The van der Waals surface area contributed by atoms with E-state index in [1.807, 2.05) is 0 Å². The number of fused-ring (bicyclic) bond motifs is 1. The summed E-state index contributed by atoms with van der Waals surface area (Å²) in [7, 11) is 0. The number of rotatable bonds is 2. The minimum Gasteiger partial charge on any atom is -0.311 e. The fourth-order valence-corrected chi connectivity index (χ4v) is 4.26. The van der Waals surface area contributed by atoms with Gasteiger partial charge in [0, 0.05) is 16.6 Å². The molecule has 0 radical (unpaired) electrons. The van der Waals surface area contributed by atoms with Crippen molar-refractivity contribution in [3.63, 3.8) is 0 Å². The number of halogens is 1. The maximum Gasteiger partial charge on any atom is 0.0178 e. The van der Waals surface area contributed by atoms with Crippen molar-refractivity contribution in [1.82, 2.24) is 5.32 Å². The van der Waals surface area contributed by atoms with Crippen molar-refractivity contribution in [3.8, 4) is 0 Å². The summed E-state index contributed by atoms with van der Waals surface area (Å²) >= 11 is 3.58. The summed E-state index contributed by atoms with van der Waals surface area (Å²) < 4.78 is 1.22. The predicted molar refractivity (Wildman–Crippen MR) is 89.1 cm³/mol. The van der Waals surface area contributed by atoms with Gasteiger partial charge in [-0.2, -0.15) is 0 Å². The molecule has 0 heterocycles. The average molecular weight is 336 g/mol. The molecule has 3 rings (SSSR count). The zero-order chi connectivity index (χ0) is 13.9. The Morgan fingerprint density at radius 1 is 1.00 bits per heavy atom. The SMILES string of the molecule is CC1CCCC(NC2CCc3cc(Br)ccc3C2)CC1. The number of nitrogens with one attached hydrogen (secondary N) is 1. The molecule has 0 aromatic heterocycles. The van der Waals surface area contributed by atoms with Crippen LogP contribution in [0.5, 0.6) is 0 Å². The molecule has 2 aliphatic rings. The topological polar surface area (TPSA) is 12.0 Å². The molecule has 1 N–H and O–H groups in total. The van der Waals surface area contributed by atoms with Gasteiger partial charge in [0.2, 0.25) is 0 Å². The van der Waals surface area contributed by atoms with Crippen LogP contribution >= 0.6 is 15.9 Å². The Hall–Kier alpha value is -0.340. The summed E-state index contributed by atoms with van der Waals surface area (Å²) in [6.45, 7) is 2.41. The highest BCUT2D eigenvalue weighted by Crippen LogP contribution is 2.27. The van der Waals surface area contributed by atoms with Crippen molar-refractivity contribution in [2.45, 2.75) is 70.4 Å². The summed E-state index contributed by atoms with van der Waals surface area (Å²) in [6, 6.07) is 8.26. The second-order valence-electron chi connectivity index (χ2n) is 6.83. The molecule has 1 fully saturated rings. The van der Waals surface area contributed by atoms with Crippen LogP contribution in [-0.2, 0) is 12.8 Å². The first-order chi connectivity index (χ1) is 9.70. The Morgan fingerprint density at radius 3 is 2.80 bits per heavy atom. The third kappa shape index (κ3) is 3.65. The van der Waals surface area contributed by atoms with Gasteiger partial charge in [-0.15, -0.1) is 0 Å². The molecule has 1 saturated carbocycles. The predicted octanol–water partition coefficient (Wildman–Crippen LogP) is 4.86. The van der Waals surface area contributed by atoms with Gasteiger partial charge in [0.25, 0.3) is 0 Å². The normalized spacial score (nSPS) is 30.6. The van der Waals surface area contributed by atoms with E-state index < -0.39 is 0 Å². The van der Waals surface area contributed by atoms with Crippen LogP contribution in [0.2, 0.25) is 0 Å². The highest BCUT2D eigenvalue weighted by Gasteiger charge is 2.23. The quantitative estimate of drug-likeness (QED) is 0.760. The maximum atomic E-state index is 3.96. The Balaban J connectivity index is 1.58. The average Bonchev–Trinajstić information content (AvgIpc) is 2.64. The molecule has 0 spiro atoms. The highest BCUT2D eigenvalue weighted by atomic mass is 79.9. The summed E-state index contributed by atoms with van der Waals surface area (Å²) in [6.07, 6.45) is 10.8. The Labute approximate surface area is 131 Å². The molecule has 0 amide bonds. The third-order valence-corrected chi connectivity index (χ3v) is 5.62. The monoisotopic (exact) mass is 335 g/mol. The number of benzene rings is 1. The first-order valence-electron chi connectivity index (χ1n) is 8.24. The molecular formula is C18H26BrN. The smallest absolute Gasteiger partial charge is 0.0178 e. The molecule has 1 nitrogen and oxygen atoms in total. The molecule has 110 valence electrons. The minimum atomic E-state index is 0.696. The van der Waals surface area contributed by atoms with E-state index in [0.29, 0.717) is 6.04 Å². The number of hydrogen-bond donors (Lipinski definition) is 1. The van der Waals surface area contributed by atoms with E-state index in [4.69, 9.17) is 0 Å². The van der Waals surface area contributed by atoms with Crippen LogP contribution in [0.25, 0.3) is 0 Å². The van der Waals surface area contributed by atoms with Gasteiger partial charge < -0.3 is 5.32 Å². The van der Waals surface area contributed by atoms with Crippen molar-refractivity contribution in [2.24, 2.45) is 5.92 Å². The van der Waals surface area contributed by atoms with Crippen molar-refractivity contribution >= 4 is 15.9 Å². The molecule has 2 heteroatoms. The highest BCUT2D eigenvalue weighted by molar-refractivity contribution is 9.10. The van der Waals surface area contributed by atoms with Crippen LogP contribution in [0.15, 0.2) is 22.7 Å². The third-order valence-electron chi connectivity index (χ3n) is 5.13. The van der Waals surface area contributed by atoms with E-state index in [0.717, 1.165) is 12.0 Å². The van der Waals surface area contributed by atoms with Crippen molar-refractivity contribution < 1.29 is 0 Å². The van der Waals surface area contributed by atoms with Gasteiger partial charge in [0.05, 0.1) is 0 Å². The summed E-state index contributed by atoms with van der Waals surface area (Å²) in [5.41, 5.74) is 3.10. The van der Waals surface area contributed by atoms with Gasteiger partial charge in [0.1, 0.15) is 0 Å². The molecule has 3 unspecified atom stereocenters. The Morgan fingerprint density at radius 2 is 1.90 bits per heavy atom. The van der Waals surface area contributed by atoms with E-state index in [1.165, 1.54) is 55.8 Å². The van der Waals surface area contributed by atoms with Crippen LogP contribution in [0.4, 0.5) is 0 Å². The van der Waals surface area contributed by atoms with E-state index in [9.17, 15) is 0 Å². The van der Waals surface area contributed by atoms with Crippen LogP contribution in [0, 0.1) is 5.92 Å². The zero-order valence-electron chi connectivity index (χ0n) is 12.5. The van der Waals surface area contributed by atoms with E-state index in [1.54, 1.807) is 11.1 Å². The Bertz CT molecular complexity index is 457. The fraction of sp³-hybridized carbons (Fsp3) is 0.667. The van der Waals surface area contributed by atoms with Gasteiger partial charge in [-0.05, 0) is 67.7 Å². The van der Waals surface area contributed by atoms with Gasteiger partial charge >= 0.3 is 0 Å². The van der Waals surface area contributed by atoms with Gasteiger partial charge in [-0.1, -0.05) is 41.8 Å². The molecule has 0 aliphatic heterocycles. The lowest BCUT2D eigenvalue weighted by atomic mass is 9.87. The standard InChI is InChI=1S/C18H26BrN/c1-13-3-2-4-17(9-5-13)20-18-10-7-14-11-16(19)8-6-15(14)12-18/h6,8,11,13,17-18,20H,2-5,7,9-10,12H2,1H3. The molecule has 3 atom stereocenters. The lowest BCUT2D eigenvalue weighted by Crippen LogP contribution is -2.41. The second-order valence-corrected chi connectivity index (χ2v) is 7.75. The largest absolute Gasteiger partial charge is 0.311 e. The minimum absolute atomic E-state index is 0.696. The molecule has 1 aromatic carbocycles. The first kappa shape index (κ1) is 14.6. The fourth-order valence-electron chi connectivity index (χ4n) is 3.85. The summed E-state index contributed by atoms with van der Waals surface area (Å²) in [4.78, 5) is 0. The van der Waals surface area contributed by atoms with Gasteiger partial charge in [-0.25, -0.2) is 0 Å². The zero-order valence-corrected chi connectivity index (χ0v) is 14.1. The van der Waals surface area contributed by atoms with Crippen LogP contribution in [0.1, 0.15) is 56.6 Å². The molecule has 0 bridgehead atoms. The lowest BCUT2D eigenvalue weighted by Gasteiger charge is -2.29. The number of aryl methyl sites for hydroxylation is 1. The maximum absolute atomic E-state index is 3.96. The molecular weight excluding hydrogens is 310 g/mol. The summed E-state index contributed by atoms with van der Waals surface area (Å²) in [5, 5.41) is 3.96. The van der Waals surface area contributed by atoms with Crippen LogP contribution < -0.4 is 5.32 Å². The number of hydrogen-bond acceptors (Lipinski definition) is 1. The molecule has 0 saturated heterocycles. The van der Waals surface area contributed by atoms with Crippen molar-refractivity contribution in [2.75, 3.05) is 0 Å². The van der Waals surface area contributed by atoms with Crippen LogP contribution in [-0.4, -0.2) is 12.1 Å². The molecule has 2 aliphatic carbocycles. The second kappa shape index (κ2) is 6.62. The van der Waals surface area contributed by atoms with E-state index in [2.05, 4.69) is 46.4 Å². The van der Waals surface area contributed by atoms with E-state index >= 15 is 0 Å². The first-order valence-corrected chi connectivity index (χ1v) is 9.03.